The molecular formula is C17H29N3O6S. The summed E-state index contributed by atoms with van der Waals surface area (Å²) in [6, 6.07) is -1.83. The van der Waals surface area contributed by atoms with Crippen LogP contribution in [0.3, 0.4) is 0 Å². The summed E-state index contributed by atoms with van der Waals surface area (Å²) in [5.41, 5.74) is 0. The number of carbonyl (C=O) groups is 3. The average Bonchev–Trinajstić information content (AvgIpc) is 3.13. The fourth-order valence-corrected chi connectivity index (χ4v) is 5.71. The van der Waals surface area contributed by atoms with Crippen molar-refractivity contribution in [3.05, 3.63) is 0 Å². The van der Waals surface area contributed by atoms with Crippen molar-refractivity contribution >= 4 is 29.6 Å². The van der Waals surface area contributed by atoms with E-state index in [0.717, 1.165) is 0 Å². The van der Waals surface area contributed by atoms with Crippen molar-refractivity contribution in [2.45, 2.75) is 55.0 Å². The number of aliphatic hydroxyl groups excluding tert-OH is 1. The molecule has 2 rings (SSSR count). The Morgan fingerprint density at radius 3 is 2.33 bits per heavy atom. The van der Waals surface area contributed by atoms with E-state index in [-0.39, 0.29) is 28.4 Å². The Labute approximate surface area is 162 Å². The van der Waals surface area contributed by atoms with Crippen molar-refractivity contribution in [1.29, 1.82) is 0 Å². The molecule has 2 fully saturated rings. The molecule has 8 atom stereocenters. The molecule has 0 aromatic carbocycles. The van der Waals surface area contributed by atoms with Crippen molar-refractivity contribution in [2.75, 3.05) is 20.6 Å². The maximum atomic E-state index is 12.1. The van der Waals surface area contributed by atoms with Gasteiger partial charge in [0.2, 0.25) is 5.91 Å². The summed E-state index contributed by atoms with van der Waals surface area (Å²) in [6.07, 6.45) is -0.503. The summed E-state index contributed by atoms with van der Waals surface area (Å²) in [4.78, 5) is 37.0. The van der Waals surface area contributed by atoms with Gasteiger partial charge in [0.25, 0.3) is 0 Å². The lowest BCUT2D eigenvalue weighted by Crippen LogP contribution is -2.47. The van der Waals surface area contributed by atoms with Crippen LogP contribution in [-0.2, 0) is 14.4 Å². The zero-order valence-electron chi connectivity index (χ0n) is 16.0. The van der Waals surface area contributed by atoms with Gasteiger partial charge in [-0.15, -0.1) is 0 Å². The van der Waals surface area contributed by atoms with Crippen molar-refractivity contribution in [2.24, 2.45) is 11.8 Å². The number of rotatable bonds is 7. The second-order valence-corrected chi connectivity index (χ2v) is 9.11. The van der Waals surface area contributed by atoms with Crippen LogP contribution in [-0.4, -0.2) is 93.4 Å². The number of carbonyl (C=O) groups excluding carboxylic acids is 1. The number of aliphatic carboxylic acids is 2. The van der Waals surface area contributed by atoms with Crippen molar-refractivity contribution in [1.82, 2.24) is 15.5 Å². The van der Waals surface area contributed by atoms with Gasteiger partial charge in [-0.05, 0) is 19.3 Å². The fourth-order valence-electron chi connectivity index (χ4n) is 4.00. The Morgan fingerprint density at radius 1 is 1.22 bits per heavy atom. The Bertz CT molecular complexity index is 587. The van der Waals surface area contributed by atoms with Gasteiger partial charge in [0.1, 0.15) is 6.04 Å². The molecule has 0 bridgehead atoms. The van der Waals surface area contributed by atoms with Crippen molar-refractivity contribution in [3.63, 3.8) is 0 Å². The van der Waals surface area contributed by atoms with Crippen LogP contribution in [0.4, 0.5) is 0 Å². The van der Waals surface area contributed by atoms with Gasteiger partial charge in [0.05, 0.1) is 18.1 Å². The quantitative estimate of drug-likeness (QED) is 0.364. The number of aliphatic hydroxyl groups is 1. The minimum atomic E-state index is -1.15. The number of amides is 1. The topological polar surface area (TPSA) is 139 Å². The molecular weight excluding hydrogens is 374 g/mol. The molecule has 10 heteroatoms. The first-order chi connectivity index (χ1) is 12.5. The lowest BCUT2D eigenvalue weighted by Gasteiger charge is -2.27. The van der Waals surface area contributed by atoms with Crippen LogP contribution in [0.2, 0.25) is 0 Å². The molecule has 2 heterocycles. The van der Waals surface area contributed by atoms with Crippen LogP contribution in [0, 0.1) is 11.8 Å². The van der Waals surface area contributed by atoms with Crippen LogP contribution < -0.4 is 10.6 Å². The standard InChI is InChI=1S/C17H29N3O6S/c1-7-12(11(8(2)21)16(23)24)19-13(17(25)26)14(7)27-9-5-10(18-6-9)15(22)20(3)4/h7-14,18-19,21H,5-6H2,1-4H3,(H,23,24)(H,25,26)/t7-,8-,9+,10-,11-,12-,13?,14-/m1/s1. The average molecular weight is 404 g/mol. The fraction of sp³-hybridized carbons (Fsp3) is 0.824. The van der Waals surface area contributed by atoms with Gasteiger partial charge in [0, 0.05) is 37.2 Å². The molecule has 2 saturated heterocycles. The zero-order chi connectivity index (χ0) is 20.5. The third-order valence-electron chi connectivity index (χ3n) is 5.42. The highest BCUT2D eigenvalue weighted by Gasteiger charge is 2.51. The molecule has 2 aliphatic rings. The van der Waals surface area contributed by atoms with E-state index < -0.39 is 36.0 Å². The van der Waals surface area contributed by atoms with Crippen LogP contribution >= 0.6 is 11.8 Å². The number of likely N-dealkylation sites (N-methyl/N-ethyl adjacent to an activating group) is 1. The van der Waals surface area contributed by atoms with E-state index in [4.69, 9.17) is 0 Å². The predicted molar refractivity (Wildman–Crippen MR) is 101 cm³/mol. The summed E-state index contributed by atoms with van der Waals surface area (Å²) in [5.74, 6) is -3.55. The molecule has 1 amide bonds. The predicted octanol–water partition coefficient (Wildman–Crippen LogP) is -0.950. The number of nitrogens with one attached hydrogen (secondary N) is 2. The highest BCUT2D eigenvalue weighted by Crippen LogP contribution is 2.39. The minimum absolute atomic E-state index is 0.0107. The Kier molecular flexibility index (Phi) is 7.12. The van der Waals surface area contributed by atoms with Gasteiger partial charge in [0.15, 0.2) is 0 Å². The van der Waals surface area contributed by atoms with Crippen molar-refractivity contribution in [3.8, 4) is 0 Å². The zero-order valence-corrected chi connectivity index (χ0v) is 16.8. The minimum Gasteiger partial charge on any atom is -0.481 e. The summed E-state index contributed by atoms with van der Waals surface area (Å²) >= 11 is 1.49. The van der Waals surface area contributed by atoms with Gasteiger partial charge >= 0.3 is 11.9 Å². The van der Waals surface area contributed by atoms with E-state index in [0.29, 0.717) is 13.0 Å². The van der Waals surface area contributed by atoms with Gasteiger partial charge in [-0.25, -0.2) is 0 Å². The third-order valence-corrected chi connectivity index (χ3v) is 7.18. The van der Waals surface area contributed by atoms with E-state index in [9.17, 15) is 29.7 Å². The lowest BCUT2D eigenvalue weighted by atomic mass is 9.87. The number of nitrogens with zero attached hydrogens (tertiary/aromatic N) is 1. The van der Waals surface area contributed by atoms with E-state index >= 15 is 0 Å². The summed E-state index contributed by atoms with van der Waals surface area (Å²) < 4.78 is 0. The first kappa shape index (κ1) is 21.9. The lowest BCUT2D eigenvalue weighted by molar-refractivity contribution is -0.147. The van der Waals surface area contributed by atoms with Crippen LogP contribution in [0.1, 0.15) is 20.3 Å². The van der Waals surface area contributed by atoms with E-state index in [2.05, 4.69) is 10.6 Å². The Morgan fingerprint density at radius 2 is 1.85 bits per heavy atom. The first-order valence-electron chi connectivity index (χ1n) is 9.04. The summed E-state index contributed by atoms with van der Waals surface area (Å²) in [7, 11) is 3.39. The Hall–Kier alpha value is -1.36. The van der Waals surface area contributed by atoms with Crippen LogP contribution in [0.15, 0.2) is 0 Å². The molecule has 154 valence electrons. The van der Waals surface area contributed by atoms with Crippen LogP contribution in [0.5, 0.6) is 0 Å². The number of hydrogen-bond donors (Lipinski definition) is 5. The SMILES string of the molecule is C[C@@H]1[C@H]([C@H](C(=O)O)[C@@H](C)O)NC(C(=O)O)[C@@H]1S[C@@H]1CN[C@@H](C(=O)N(C)C)C1. The molecule has 0 aromatic rings. The first-order valence-corrected chi connectivity index (χ1v) is 9.98. The number of hydrogen-bond acceptors (Lipinski definition) is 7. The molecule has 0 saturated carbocycles. The molecule has 0 radical (unpaired) electrons. The highest BCUT2D eigenvalue weighted by atomic mass is 32.2. The second-order valence-electron chi connectivity index (χ2n) is 7.62. The summed E-state index contributed by atoms with van der Waals surface area (Å²) in [6.45, 7) is 3.82. The Balaban J connectivity index is 2.11. The third kappa shape index (κ3) is 4.74. The molecule has 2 aliphatic heterocycles. The molecule has 0 aliphatic carbocycles. The normalized spacial score (nSPS) is 35.6. The van der Waals surface area contributed by atoms with E-state index in [1.807, 2.05) is 6.92 Å². The monoisotopic (exact) mass is 403 g/mol. The maximum absolute atomic E-state index is 12.1. The number of carboxylic acids is 2. The number of carboxylic acid groups (broad SMARTS) is 2. The molecule has 5 N–H and O–H groups in total. The summed E-state index contributed by atoms with van der Waals surface area (Å²) in [5, 5.41) is 34.7. The largest absolute Gasteiger partial charge is 0.481 e. The second kappa shape index (κ2) is 8.76. The van der Waals surface area contributed by atoms with E-state index in [1.54, 1.807) is 14.1 Å². The maximum Gasteiger partial charge on any atom is 0.321 e. The molecule has 9 nitrogen and oxygen atoms in total. The van der Waals surface area contributed by atoms with Crippen LogP contribution in [0.25, 0.3) is 0 Å². The smallest absolute Gasteiger partial charge is 0.321 e. The molecule has 27 heavy (non-hydrogen) atoms. The van der Waals surface area contributed by atoms with E-state index in [1.165, 1.54) is 23.6 Å². The number of thioether (sulfide) groups is 1. The van der Waals surface area contributed by atoms with Gasteiger partial charge in [-0.1, -0.05) is 6.92 Å². The molecule has 0 spiro atoms. The van der Waals surface area contributed by atoms with Gasteiger partial charge in [-0.2, -0.15) is 11.8 Å². The highest BCUT2D eigenvalue weighted by molar-refractivity contribution is 8.00. The van der Waals surface area contributed by atoms with Crippen molar-refractivity contribution < 1.29 is 29.7 Å². The molecule has 1 unspecified atom stereocenters. The van der Waals surface area contributed by atoms with Gasteiger partial charge in [-0.3, -0.25) is 19.7 Å². The van der Waals surface area contributed by atoms with Gasteiger partial charge < -0.3 is 25.5 Å². The molecule has 0 aromatic heterocycles.